The van der Waals surface area contributed by atoms with Crippen LogP contribution in [0.25, 0.3) is 0 Å². The Morgan fingerprint density at radius 1 is 1.48 bits per heavy atom. The number of nitrogens with two attached hydrogens (primary N) is 1. The molecule has 124 valence electrons. The van der Waals surface area contributed by atoms with E-state index in [1.54, 1.807) is 19.2 Å². The lowest BCUT2D eigenvalue weighted by Crippen LogP contribution is -2.39. The zero-order valence-electron chi connectivity index (χ0n) is 13.2. The second kappa shape index (κ2) is 6.45. The highest BCUT2D eigenvalue weighted by Crippen LogP contribution is 2.26. The molecular formula is C14H20FN7O. The smallest absolute Gasteiger partial charge is 0.318 e. The van der Waals surface area contributed by atoms with Gasteiger partial charge in [0.1, 0.15) is 17.8 Å². The van der Waals surface area contributed by atoms with E-state index in [4.69, 9.17) is 10.2 Å². The lowest BCUT2D eigenvalue weighted by atomic mass is 10.2. The zero-order valence-corrected chi connectivity index (χ0v) is 13.2. The average Bonchev–Trinajstić information content (AvgIpc) is 3.04. The summed E-state index contributed by atoms with van der Waals surface area (Å²) in [7, 11) is 1.94. The SMILES string of the molecule is Cc1nnc(N2C[C@@H](F)C[C@H]2CN(C)Cc2nccc(N)n2)o1. The predicted molar refractivity (Wildman–Crippen MR) is 82.5 cm³/mol. The highest BCUT2D eigenvalue weighted by atomic mass is 19.1. The number of aromatic nitrogens is 4. The molecule has 1 saturated heterocycles. The zero-order chi connectivity index (χ0) is 16.4. The number of alkyl halides is 1. The van der Waals surface area contributed by atoms with Crippen LogP contribution in [-0.4, -0.2) is 57.4 Å². The molecule has 2 N–H and O–H groups in total. The summed E-state index contributed by atoms with van der Waals surface area (Å²) in [6.45, 7) is 3.17. The minimum absolute atomic E-state index is 0.0316. The van der Waals surface area contributed by atoms with E-state index in [1.165, 1.54) is 0 Å². The van der Waals surface area contributed by atoms with Gasteiger partial charge in [0.05, 0.1) is 13.1 Å². The highest BCUT2D eigenvalue weighted by molar-refractivity contribution is 5.30. The summed E-state index contributed by atoms with van der Waals surface area (Å²) < 4.78 is 19.3. The van der Waals surface area contributed by atoms with Crippen molar-refractivity contribution in [3.63, 3.8) is 0 Å². The van der Waals surface area contributed by atoms with Crippen LogP contribution in [0.4, 0.5) is 16.2 Å². The van der Waals surface area contributed by atoms with Crippen LogP contribution in [0.5, 0.6) is 0 Å². The van der Waals surface area contributed by atoms with Gasteiger partial charge in [-0.1, -0.05) is 5.10 Å². The van der Waals surface area contributed by atoms with Crippen LogP contribution in [0, 0.1) is 6.92 Å². The molecule has 3 rings (SSSR count). The number of aryl methyl sites for hydroxylation is 1. The quantitative estimate of drug-likeness (QED) is 0.863. The molecule has 2 aromatic heterocycles. The minimum atomic E-state index is -0.899. The first-order valence-corrected chi connectivity index (χ1v) is 7.48. The van der Waals surface area contributed by atoms with Gasteiger partial charge in [0, 0.05) is 32.1 Å². The molecule has 1 aliphatic heterocycles. The molecule has 3 heterocycles. The van der Waals surface area contributed by atoms with E-state index >= 15 is 0 Å². The Hall–Kier alpha value is -2.29. The molecule has 2 aromatic rings. The molecular weight excluding hydrogens is 301 g/mol. The lowest BCUT2D eigenvalue weighted by molar-refractivity contribution is 0.282. The third-order valence-electron chi connectivity index (χ3n) is 3.79. The van der Waals surface area contributed by atoms with Crippen molar-refractivity contribution in [2.45, 2.75) is 32.1 Å². The van der Waals surface area contributed by atoms with Gasteiger partial charge in [-0.2, -0.15) is 0 Å². The molecule has 0 aliphatic carbocycles. The van der Waals surface area contributed by atoms with Gasteiger partial charge in [-0.05, 0) is 13.1 Å². The highest BCUT2D eigenvalue weighted by Gasteiger charge is 2.35. The Morgan fingerprint density at radius 3 is 3.00 bits per heavy atom. The third-order valence-corrected chi connectivity index (χ3v) is 3.79. The van der Waals surface area contributed by atoms with Gasteiger partial charge in [-0.25, -0.2) is 14.4 Å². The summed E-state index contributed by atoms with van der Waals surface area (Å²) in [6.07, 6.45) is 1.17. The van der Waals surface area contributed by atoms with Crippen molar-refractivity contribution in [2.24, 2.45) is 0 Å². The molecule has 0 unspecified atom stereocenters. The normalized spacial score (nSPS) is 21.3. The Kier molecular flexibility index (Phi) is 4.37. The Labute approximate surface area is 133 Å². The van der Waals surface area contributed by atoms with E-state index in [9.17, 15) is 4.39 Å². The van der Waals surface area contributed by atoms with Gasteiger partial charge in [-0.3, -0.25) is 4.90 Å². The molecule has 0 amide bonds. The van der Waals surface area contributed by atoms with Gasteiger partial charge in [0.25, 0.3) is 0 Å². The second-order valence-electron chi connectivity index (χ2n) is 5.84. The van der Waals surface area contributed by atoms with Crippen molar-refractivity contribution < 1.29 is 8.81 Å². The number of hydrogen-bond acceptors (Lipinski definition) is 8. The minimum Gasteiger partial charge on any atom is -0.408 e. The maximum atomic E-state index is 13.9. The van der Waals surface area contributed by atoms with Crippen LogP contribution in [-0.2, 0) is 6.54 Å². The number of nitrogens with zero attached hydrogens (tertiary/aromatic N) is 6. The van der Waals surface area contributed by atoms with Crippen molar-refractivity contribution in [1.29, 1.82) is 0 Å². The number of halogens is 1. The van der Waals surface area contributed by atoms with Crippen molar-refractivity contribution in [3.05, 3.63) is 24.0 Å². The predicted octanol–water partition coefficient (Wildman–Crippen LogP) is 0.799. The van der Waals surface area contributed by atoms with Crippen LogP contribution < -0.4 is 10.6 Å². The van der Waals surface area contributed by atoms with Crippen molar-refractivity contribution in [2.75, 3.05) is 30.8 Å². The maximum absolute atomic E-state index is 13.9. The van der Waals surface area contributed by atoms with Crippen molar-refractivity contribution in [3.8, 4) is 0 Å². The monoisotopic (exact) mass is 321 g/mol. The fraction of sp³-hybridized carbons (Fsp3) is 0.571. The van der Waals surface area contributed by atoms with Crippen LogP contribution in [0.15, 0.2) is 16.7 Å². The van der Waals surface area contributed by atoms with E-state index in [0.29, 0.717) is 43.1 Å². The fourth-order valence-electron chi connectivity index (χ4n) is 2.83. The molecule has 0 aromatic carbocycles. The molecule has 0 bridgehead atoms. The Balaban J connectivity index is 1.65. The summed E-state index contributed by atoms with van der Waals surface area (Å²) >= 11 is 0. The maximum Gasteiger partial charge on any atom is 0.318 e. The van der Waals surface area contributed by atoms with E-state index in [0.717, 1.165) is 0 Å². The van der Waals surface area contributed by atoms with Crippen molar-refractivity contribution in [1.82, 2.24) is 25.1 Å². The molecule has 9 heteroatoms. The molecule has 0 spiro atoms. The van der Waals surface area contributed by atoms with Crippen LogP contribution >= 0.6 is 0 Å². The van der Waals surface area contributed by atoms with Crippen LogP contribution in [0.2, 0.25) is 0 Å². The first-order chi connectivity index (χ1) is 11.0. The molecule has 1 fully saturated rings. The molecule has 1 aliphatic rings. The first-order valence-electron chi connectivity index (χ1n) is 7.48. The third kappa shape index (κ3) is 3.73. The molecule has 2 atom stereocenters. The second-order valence-corrected chi connectivity index (χ2v) is 5.84. The Bertz CT molecular complexity index is 664. The fourth-order valence-corrected chi connectivity index (χ4v) is 2.83. The first kappa shape index (κ1) is 15.6. The lowest BCUT2D eigenvalue weighted by Gasteiger charge is -2.26. The molecule has 8 nitrogen and oxygen atoms in total. The van der Waals surface area contributed by atoms with Gasteiger partial charge in [-0.15, -0.1) is 5.10 Å². The van der Waals surface area contributed by atoms with Gasteiger partial charge >= 0.3 is 6.01 Å². The van der Waals surface area contributed by atoms with Crippen LogP contribution in [0.3, 0.4) is 0 Å². The van der Waals surface area contributed by atoms with Crippen LogP contribution in [0.1, 0.15) is 18.1 Å². The number of likely N-dealkylation sites (N-methyl/N-ethyl adjacent to an activating group) is 1. The number of rotatable bonds is 5. The summed E-state index contributed by atoms with van der Waals surface area (Å²) in [4.78, 5) is 12.2. The van der Waals surface area contributed by atoms with E-state index in [2.05, 4.69) is 20.2 Å². The topological polar surface area (TPSA) is 97.2 Å². The number of nitrogen functional groups attached to an aromatic ring is 1. The van der Waals surface area contributed by atoms with E-state index < -0.39 is 6.17 Å². The molecule has 0 saturated carbocycles. The summed E-state index contributed by atoms with van der Waals surface area (Å²) in [6, 6.07) is 1.99. The van der Waals surface area contributed by atoms with Gasteiger partial charge in [0.2, 0.25) is 5.89 Å². The standard InChI is InChI=1S/C14H20FN7O/c1-9-19-20-14(23-9)22-6-10(15)5-11(22)7-21(2)8-13-17-4-3-12(16)18-13/h3-4,10-11H,5-8H2,1-2H3,(H2,16,17,18)/t10-,11-/m0/s1. The summed E-state index contributed by atoms with van der Waals surface area (Å²) in [5.74, 6) is 1.56. The van der Waals surface area contributed by atoms with E-state index in [-0.39, 0.29) is 12.6 Å². The molecule has 23 heavy (non-hydrogen) atoms. The molecule has 0 radical (unpaired) electrons. The average molecular weight is 321 g/mol. The largest absolute Gasteiger partial charge is 0.408 e. The number of anilines is 2. The van der Waals surface area contributed by atoms with Gasteiger partial charge in [0.15, 0.2) is 0 Å². The summed E-state index contributed by atoms with van der Waals surface area (Å²) in [5.41, 5.74) is 5.66. The van der Waals surface area contributed by atoms with Crippen molar-refractivity contribution >= 4 is 11.8 Å². The summed E-state index contributed by atoms with van der Waals surface area (Å²) in [5, 5.41) is 7.82. The van der Waals surface area contributed by atoms with Gasteiger partial charge < -0.3 is 15.1 Å². The number of hydrogen-bond donors (Lipinski definition) is 1. The Morgan fingerprint density at radius 2 is 2.30 bits per heavy atom. The van der Waals surface area contributed by atoms with E-state index in [1.807, 2.05) is 16.8 Å².